The van der Waals surface area contributed by atoms with Crippen molar-refractivity contribution in [2.45, 2.75) is 43.9 Å². The average molecular weight is 529 g/mol. The SMILES string of the molecule is CC12Cc3c(sc4ccccc34)C=C1N(C=NC(NC(N)c1ccccc1)C1=CCCC=C1)c1ccccc12. The number of thiophene rings is 1. The van der Waals surface area contributed by atoms with Gasteiger partial charge in [0.25, 0.3) is 0 Å². The first kappa shape index (κ1) is 24.3. The number of fused-ring (bicyclic) bond motifs is 6. The van der Waals surface area contributed by atoms with Crippen LogP contribution in [0.1, 0.15) is 47.5 Å². The molecule has 4 aromatic rings. The van der Waals surface area contributed by atoms with Gasteiger partial charge in [0.1, 0.15) is 6.17 Å². The summed E-state index contributed by atoms with van der Waals surface area (Å²) in [4.78, 5) is 8.83. The molecule has 4 nitrogen and oxygen atoms in total. The highest BCUT2D eigenvalue weighted by Crippen LogP contribution is 2.54. The number of anilines is 1. The second-order valence-electron chi connectivity index (χ2n) is 10.8. The minimum atomic E-state index is -0.323. The van der Waals surface area contributed by atoms with Gasteiger partial charge in [-0.25, -0.2) is 0 Å². The van der Waals surface area contributed by atoms with Crippen molar-refractivity contribution >= 4 is 39.5 Å². The molecule has 0 amide bonds. The summed E-state index contributed by atoms with van der Waals surface area (Å²) in [5, 5.41) is 4.97. The number of rotatable bonds is 6. The Morgan fingerprint density at radius 2 is 1.79 bits per heavy atom. The molecule has 3 atom stereocenters. The Morgan fingerprint density at radius 3 is 2.64 bits per heavy atom. The van der Waals surface area contributed by atoms with Crippen molar-refractivity contribution in [2.24, 2.45) is 10.7 Å². The van der Waals surface area contributed by atoms with E-state index in [-0.39, 0.29) is 17.7 Å². The van der Waals surface area contributed by atoms with Crippen LogP contribution < -0.4 is 16.0 Å². The second-order valence-corrected chi connectivity index (χ2v) is 11.9. The average Bonchev–Trinajstić information content (AvgIpc) is 3.46. The van der Waals surface area contributed by atoms with Crippen molar-refractivity contribution in [1.29, 1.82) is 0 Å². The van der Waals surface area contributed by atoms with Gasteiger partial charge >= 0.3 is 0 Å². The van der Waals surface area contributed by atoms with Gasteiger partial charge in [0.2, 0.25) is 0 Å². The number of nitrogens with two attached hydrogens (primary N) is 1. The van der Waals surface area contributed by atoms with Gasteiger partial charge in [-0.3, -0.25) is 10.3 Å². The molecule has 0 spiro atoms. The molecule has 7 rings (SSSR count). The zero-order valence-corrected chi connectivity index (χ0v) is 22.9. The van der Waals surface area contributed by atoms with E-state index in [1.165, 1.54) is 37.5 Å². The maximum Gasteiger partial charge on any atom is 0.128 e. The Kier molecular flexibility index (Phi) is 6.08. The Hall–Kier alpha value is -3.77. The summed E-state index contributed by atoms with van der Waals surface area (Å²) in [7, 11) is 0. The second kappa shape index (κ2) is 9.76. The van der Waals surface area contributed by atoms with Gasteiger partial charge < -0.3 is 10.6 Å². The molecule has 3 aliphatic rings. The molecule has 3 N–H and O–H groups in total. The maximum atomic E-state index is 6.62. The molecule has 39 heavy (non-hydrogen) atoms. The standard InChI is InChI=1S/C34H32N4S/c1-34-21-26-25-16-8-11-19-29(25)39-30(26)20-31(34)38(28-18-10-9-17-27(28)34)22-36-33(24-14-6-3-7-15-24)37-32(35)23-12-4-2-5-13-23/h2,4-6,8-20,22,32-33,37H,3,7,21,35H2,1H3. The summed E-state index contributed by atoms with van der Waals surface area (Å²) in [5.74, 6) is 0. The van der Waals surface area contributed by atoms with E-state index in [0.717, 1.165) is 30.4 Å². The number of hydrogen-bond donors (Lipinski definition) is 2. The number of nitrogens with one attached hydrogen (secondary N) is 1. The zero-order chi connectivity index (χ0) is 26.4. The Morgan fingerprint density at radius 1 is 1.00 bits per heavy atom. The van der Waals surface area contributed by atoms with Crippen molar-refractivity contribution in [3.8, 4) is 0 Å². The zero-order valence-electron chi connectivity index (χ0n) is 22.0. The van der Waals surface area contributed by atoms with Crippen molar-refractivity contribution in [3.63, 3.8) is 0 Å². The number of nitrogens with zero attached hydrogens (tertiary/aromatic N) is 2. The molecule has 0 saturated carbocycles. The van der Waals surface area contributed by atoms with E-state index in [4.69, 9.17) is 10.7 Å². The van der Waals surface area contributed by atoms with E-state index in [1.807, 2.05) is 35.9 Å². The molecule has 0 saturated heterocycles. The molecule has 0 fully saturated rings. The first-order valence-corrected chi connectivity index (χ1v) is 14.5. The molecule has 3 unspecified atom stereocenters. The monoisotopic (exact) mass is 528 g/mol. The fourth-order valence-electron chi connectivity index (χ4n) is 6.24. The minimum Gasteiger partial charge on any atom is -0.312 e. The van der Waals surface area contributed by atoms with Crippen LogP contribution in [0.5, 0.6) is 0 Å². The highest BCUT2D eigenvalue weighted by Gasteiger charge is 2.46. The number of aliphatic imine (C=N–C) groups is 1. The fourth-order valence-corrected chi connectivity index (χ4v) is 7.40. The normalized spacial score (nSPS) is 21.3. The van der Waals surface area contributed by atoms with Gasteiger partial charge in [-0.2, -0.15) is 0 Å². The van der Waals surface area contributed by atoms with Crippen LogP contribution in [0.2, 0.25) is 0 Å². The smallest absolute Gasteiger partial charge is 0.128 e. The van der Waals surface area contributed by atoms with Crippen molar-refractivity contribution in [2.75, 3.05) is 4.90 Å². The van der Waals surface area contributed by atoms with Crippen molar-refractivity contribution < 1.29 is 0 Å². The minimum absolute atomic E-state index is 0.118. The van der Waals surface area contributed by atoms with Crippen LogP contribution in [0, 0.1) is 0 Å². The molecule has 2 heterocycles. The van der Waals surface area contributed by atoms with Gasteiger partial charge in [-0.05, 0) is 72.0 Å². The van der Waals surface area contributed by atoms with Crippen LogP contribution >= 0.6 is 11.3 Å². The Balaban J connectivity index is 1.29. The van der Waals surface area contributed by atoms with Gasteiger partial charge in [0, 0.05) is 20.7 Å². The van der Waals surface area contributed by atoms with Gasteiger partial charge in [-0.1, -0.05) is 85.0 Å². The van der Waals surface area contributed by atoms with Crippen LogP contribution in [0.25, 0.3) is 16.2 Å². The predicted molar refractivity (Wildman–Crippen MR) is 165 cm³/mol. The highest BCUT2D eigenvalue weighted by atomic mass is 32.1. The Labute approximate surface area is 233 Å². The van der Waals surface area contributed by atoms with E-state index < -0.39 is 0 Å². The Bertz CT molecular complexity index is 1660. The fraction of sp³-hybridized carbons (Fsp3) is 0.206. The van der Waals surface area contributed by atoms with E-state index in [9.17, 15) is 0 Å². The molecule has 1 aliphatic heterocycles. The van der Waals surface area contributed by atoms with Crippen LogP contribution in [-0.2, 0) is 11.8 Å². The highest BCUT2D eigenvalue weighted by molar-refractivity contribution is 7.20. The molecule has 0 radical (unpaired) electrons. The van der Waals surface area contributed by atoms with E-state index in [1.54, 1.807) is 0 Å². The lowest BCUT2D eigenvalue weighted by atomic mass is 9.73. The van der Waals surface area contributed by atoms with Crippen LogP contribution in [-0.4, -0.2) is 12.5 Å². The molecule has 3 aromatic carbocycles. The van der Waals surface area contributed by atoms with Gasteiger partial charge in [0.05, 0.1) is 18.2 Å². The first-order valence-electron chi connectivity index (χ1n) is 13.7. The van der Waals surface area contributed by atoms with E-state index >= 15 is 0 Å². The lowest BCUT2D eigenvalue weighted by Crippen LogP contribution is -2.38. The molecular formula is C34H32N4S. The number of allylic oxidation sites excluding steroid dienone is 3. The summed E-state index contributed by atoms with van der Waals surface area (Å²) >= 11 is 1.89. The molecule has 2 aliphatic carbocycles. The summed E-state index contributed by atoms with van der Waals surface area (Å²) in [5.41, 5.74) is 14.0. The molecule has 5 heteroatoms. The third-order valence-corrected chi connectivity index (χ3v) is 9.44. The van der Waals surface area contributed by atoms with E-state index in [2.05, 4.69) is 102 Å². The topological polar surface area (TPSA) is 53.6 Å². The van der Waals surface area contributed by atoms with Crippen LogP contribution in [0.3, 0.4) is 0 Å². The lowest BCUT2D eigenvalue weighted by Gasteiger charge is -2.32. The third-order valence-electron chi connectivity index (χ3n) is 8.28. The molecule has 0 bridgehead atoms. The van der Waals surface area contributed by atoms with Crippen LogP contribution in [0.15, 0.2) is 113 Å². The van der Waals surface area contributed by atoms with Gasteiger partial charge in [0.15, 0.2) is 0 Å². The maximum absolute atomic E-state index is 6.62. The van der Waals surface area contributed by atoms with Crippen LogP contribution in [0.4, 0.5) is 5.69 Å². The third kappa shape index (κ3) is 4.18. The summed E-state index contributed by atoms with van der Waals surface area (Å²) in [6.07, 6.45) is 13.6. The predicted octanol–water partition coefficient (Wildman–Crippen LogP) is 7.45. The molecule has 1 aromatic heterocycles. The summed E-state index contributed by atoms with van der Waals surface area (Å²) < 4.78 is 1.35. The summed E-state index contributed by atoms with van der Waals surface area (Å²) in [6.45, 7) is 2.38. The molecular weight excluding hydrogens is 496 g/mol. The van der Waals surface area contributed by atoms with E-state index in [0.29, 0.717) is 0 Å². The van der Waals surface area contributed by atoms with Crippen molar-refractivity contribution in [3.05, 3.63) is 130 Å². The van der Waals surface area contributed by atoms with Gasteiger partial charge in [-0.15, -0.1) is 11.3 Å². The lowest BCUT2D eigenvalue weighted by molar-refractivity contribution is 0.495. The first-order chi connectivity index (χ1) is 19.1. The molecule has 194 valence electrons. The number of para-hydroxylation sites is 1. The van der Waals surface area contributed by atoms with Crippen molar-refractivity contribution in [1.82, 2.24) is 5.32 Å². The number of benzene rings is 3. The number of hydrogen-bond acceptors (Lipinski definition) is 4. The quantitative estimate of drug-likeness (QED) is 0.155. The largest absolute Gasteiger partial charge is 0.312 e. The summed E-state index contributed by atoms with van der Waals surface area (Å²) in [6, 6.07) is 27.7.